The van der Waals surface area contributed by atoms with E-state index < -0.39 is 0 Å². The molecule has 0 radical (unpaired) electrons. The maximum Gasteiger partial charge on any atom is 0.292 e. The van der Waals surface area contributed by atoms with E-state index in [4.69, 9.17) is 9.40 Å². The highest BCUT2D eigenvalue weighted by atomic mass is 16.4. The fourth-order valence-electron chi connectivity index (χ4n) is 4.50. The first kappa shape index (κ1) is 16.2. The number of para-hydroxylation sites is 1. The number of nitrogens with zero attached hydrogens (tertiary/aromatic N) is 4. The van der Waals surface area contributed by atoms with Crippen LogP contribution in [0.1, 0.15) is 40.8 Å². The second kappa shape index (κ2) is 5.77. The van der Waals surface area contributed by atoms with Crippen molar-refractivity contribution in [3.05, 3.63) is 57.8 Å². The number of fused-ring (bicyclic) bond motifs is 4. The summed E-state index contributed by atoms with van der Waals surface area (Å²) in [4.78, 5) is 37.1. The standard InChI is InChI=1S/C20H20N4O3/c1-11-18(27-12(2)21-11)20(26)24-13-7-8-14(24)10-23-17(9-13)22-16-6-4-3-5-15(16)19(23)25/h3-6,13-14H,7-10H2,1-2H3. The van der Waals surface area contributed by atoms with Gasteiger partial charge in [0.2, 0.25) is 5.76 Å². The molecule has 7 heteroatoms. The third-order valence-corrected chi connectivity index (χ3v) is 5.70. The van der Waals surface area contributed by atoms with Gasteiger partial charge >= 0.3 is 0 Å². The van der Waals surface area contributed by atoms with Gasteiger partial charge in [-0.1, -0.05) is 12.1 Å². The number of carbonyl (C=O) groups is 1. The van der Waals surface area contributed by atoms with Crippen molar-refractivity contribution in [3.8, 4) is 0 Å². The minimum atomic E-state index is -0.133. The molecule has 1 aromatic carbocycles. The summed E-state index contributed by atoms with van der Waals surface area (Å²) in [7, 11) is 0. The fourth-order valence-corrected chi connectivity index (χ4v) is 4.50. The van der Waals surface area contributed by atoms with Crippen LogP contribution in [-0.2, 0) is 13.0 Å². The van der Waals surface area contributed by atoms with Gasteiger partial charge in [0, 0.05) is 25.9 Å². The van der Waals surface area contributed by atoms with Gasteiger partial charge in [-0.05, 0) is 31.9 Å². The molecule has 7 nitrogen and oxygen atoms in total. The Labute approximate surface area is 155 Å². The van der Waals surface area contributed by atoms with Gasteiger partial charge in [0.15, 0.2) is 5.89 Å². The number of benzene rings is 1. The smallest absolute Gasteiger partial charge is 0.292 e. The second-order valence-electron chi connectivity index (χ2n) is 7.41. The van der Waals surface area contributed by atoms with Gasteiger partial charge in [0.1, 0.15) is 5.82 Å². The van der Waals surface area contributed by atoms with Crippen LogP contribution < -0.4 is 5.56 Å². The quantitative estimate of drug-likeness (QED) is 0.661. The lowest BCUT2D eigenvalue weighted by Gasteiger charge is -2.26. The normalized spacial score (nSPS) is 21.3. The molecule has 1 fully saturated rings. The second-order valence-corrected chi connectivity index (χ2v) is 7.41. The summed E-state index contributed by atoms with van der Waals surface area (Å²) >= 11 is 0. The monoisotopic (exact) mass is 364 g/mol. The molecule has 5 rings (SSSR count). The zero-order valence-corrected chi connectivity index (χ0v) is 15.3. The fraction of sp³-hybridized carbons (Fsp3) is 0.400. The molecule has 2 aliphatic rings. The number of aromatic nitrogens is 3. The number of carbonyl (C=O) groups excluding carboxylic acids is 1. The molecule has 0 N–H and O–H groups in total. The average Bonchev–Trinajstić information content (AvgIpc) is 3.13. The predicted octanol–water partition coefficient (Wildman–Crippen LogP) is 2.23. The van der Waals surface area contributed by atoms with E-state index >= 15 is 0 Å². The molecule has 0 aliphatic carbocycles. The third-order valence-electron chi connectivity index (χ3n) is 5.70. The average molecular weight is 364 g/mol. The molecule has 2 atom stereocenters. The molecule has 2 aliphatic heterocycles. The van der Waals surface area contributed by atoms with E-state index in [1.54, 1.807) is 18.4 Å². The Kier molecular flexibility index (Phi) is 3.47. The first-order valence-electron chi connectivity index (χ1n) is 9.28. The number of amides is 1. The molecule has 1 amide bonds. The van der Waals surface area contributed by atoms with Crippen molar-refractivity contribution in [3.63, 3.8) is 0 Å². The number of rotatable bonds is 1. The molecule has 0 saturated carbocycles. The number of hydrogen-bond acceptors (Lipinski definition) is 5. The topological polar surface area (TPSA) is 81.2 Å². The van der Waals surface area contributed by atoms with Crippen LogP contribution in [0.2, 0.25) is 0 Å². The van der Waals surface area contributed by atoms with Crippen LogP contribution in [0.25, 0.3) is 10.9 Å². The van der Waals surface area contributed by atoms with E-state index in [0.717, 1.165) is 18.7 Å². The SMILES string of the molecule is Cc1nc(C)c(C(=O)N2C3CCC2Cn2c(nc4ccccc4c2=O)C3)o1. The zero-order valence-electron chi connectivity index (χ0n) is 15.3. The highest BCUT2D eigenvalue weighted by molar-refractivity contribution is 5.93. The van der Waals surface area contributed by atoms with Crippen LogP contribution in [-0.4, -0.2) is 37.4 Å². The molecule has 1 saturated heterocycles. The lowest BCUT2D eigenvalue weighted by atomic mass is 10.1. The van der Waals surface area contributed by atoms with E-state index in [1.807, 2.05) is 29.2 Å². The largest absolute Gasteiger partial charge is 0.436 e. The summed E-state index contributed by atoms with van der Waals surface area (Å²) in [6.07, 6.45) is 2.36. The van der Waals surface area contributed by atoms with Crippen LogP contribution in [0.3, 0.4) is 0 Å². The summed E-state index contributed by atoms with van der Waals surface area (Å²) in [6, 6.07) is 7.41. The molecule has 2 aromatic heterocycles. The lowest BCUT2D eigenvalue weighted by Crippen LogP contribution is -2.42. The van der Waals surface area contributed by atoms with E-state index in [1.165, 1.54) is 0 Å². The maximum absolute atomic E-state index is 13.2. The van der Waals surface area contributed by atoms with Gasteiger partial charge in [-0.2, -0.15) is 0 Å². The van der Waals surface area contributed by atoms with Crippen molar-refractivity contribution in [2.45, 2.75) is 51.7 Å². The molecule has 0 spiro atoms. The Morgan fingerprint density at radius 3 is 2.70 bits per heavy atom. The van der Waals surface area contributed by atoms with Crippen LogP contribution in [0.4, 0.5) is 0 Å². The Morgan fingerprint density at radius 1 is 1.15 bits per heavy atom. The molecule has 3 aromatic rings. The van der Waals surface area contributed by atoms with Gasteiger partial charge in [-0.25, -0.2) is 9.97 Å². The molecular weight excluding hydrogens is 344 g/mol. The summed E-state index contributed by atoms with van der Waals surface area (Å²) in [6.45, 7) is 4.00. The third kappa shape index (κ3) is 2.41. The lowest BCUT2D eigenvalue weighted by molar-refractivity contribution is 0.0630. The Balaban J connectivity index is 1.59. The Hall–Kier alpha value is -2.96. The molecule has 2 unspecified atom stereocenters. The van der Waals surface area contributed by atoms with Gasteiger partial charge in [0.25, 0.3) is 11.5 Å². The highest BCUT2D eigenvalue weighted by Crippen LogP contribution is 2.32. The molecule has 4 heterocycles. The molecule has 138 valence electrons. The van der Waals surface area contributed by atoms with Gasteiger partial charge in [0.05, 0.1) is 22.6 Å². The van der Waals surface area contributed by atoms with Crippen molar-refractivity contribution in [1.29, 1.82) is 0 Å². The zero-order chi connectivity index (χ0) is 18.7. The van der Waals surface area contributed by atoms with E-state index in [2.05, 4.69) is 4.98 Å². The van der Waals surface area contributed by atoms with Crippen molar-refractivity contribution in [2.75, 3.05) is 0 Å². The number of aryl methyl sites for hydroxylation is 2. The van der Waals surface area contributed by atoms with Gasteiger partial charge in [-0.15, -0.1) is 0 Å². The molecule has 2 bridgehead atoms. The van der Waals surface area contributed by atoms with Crippen LogP contribution in [0.5, 0.6) is 0 Å². The van der Waals surface area contributed by atoms with Gasteiger partial charge < -0.3 is 9.32 Å². The molecule has 27 heavy (non-hydrogen) atoms. The van der Waals surface area contributed by atoms with Crippen LogP contribution >= 0.6 is 0 Å². The Bertz CT molecular complexity index is 1130. The van der Waals surface area contributed by atoms with E-state index in [-0.39, 0.29) is 23.6 Å². The van der Waals surface area contributed by atoms with Crippen LogP contribution in [0.15, 0.2) is 33.5 Å². The summed E-state index contributed by atoms with van der Waals surface area (Å²) in [5, 5.41) is 0.624. The van der Waals surface area contributed by atoms with Crippen molar-refractivity contribution >= 4 is 16.8 Å². The summed E-state index contributed by atoms with van der Waals surface area (Å²) in [5.74, 6) is 1.42. The number of oxazole rings is 1. The first-order chi connectivity index (χ1) is 13.0. The van der Waals surface area contributed by atoms with Crippen molar-refractivity contribution < 1.29 is 9.21 Å². The van der Waals surface area contributed by atoms with Gasteiger partial charge in [-0.3, -0.25) is 14.2 Å². The van der Waals surface area contributed by atoms with E-state index in [9.17, 15) is 9.59 Å². The van der Waals surface area contributed by atoms with Crippen LogP contribution in [0, 0.1) is 13.8 Å². The summed E-state index contributed by atoms with van der Waals surface area (Å²) < 4.78 is 7.33. The summed E-state index contributed by atoms with van der Waals surface area (Å²) in [5.41, 5.74) is 1.30. The Morgan fingerprint density at radius 2 is 1.93 bits per heavy atom. The van der Waals surface area contributed by atoms with Crippen molar-refractivity contribution in [2.24, 2.45) is 0 Å². The minimum Gasteiger partial charge on any atom is -0.436 e. The number of hydrogen-bond donors (Lipinski definition) is 0. The molecular formula is C20H20N4O3. The highest BCUT2D eigenvalue weighted by Gasteiger charge is 2.42. The minimum absolute atomic E-state index is 0.0223. The van der Waals surface area contributed by atoms with E-state index in [0.29, 0.717) is 41.2 Å². The maximum atomic E-state index is 13.2. The van der Waals surface area contributed by atoms with Crippen molar-refractivity contribution in [1.82, 2.24) is 19.4 Å². The first-order valence-corrected chi connectivity index (χ1v) is 9.28. The predicted molar refractivity (Wildman–Crippen MR) is 98.7 cm³/mol.